The van der Waals surface area contributed by atoms with Gasteiger partial charge in [-0.25, -0.2) is 18.1 Å². The van der Waals surface area contributed by atoms with E-state index in [1.165, 1.54) is 23.6 Å². The van der Waals surface area contributed by atoms with Crippen LogP contribution in [0, 0.1) is 0 Å². The molecule has 5 nitrogen and oxygen atoms in total. The van der Waals surface area contributed by atoms with Gasteiger partial charge in [-0.1, -0.05) is 6.07 Å². The van der Waals surface area contributed by atoms with Crippen molar-refractivity contribution in [3.05, 3.63) is 46.8 Å². The molecule has 1 atom stereocenters. The van der Waals surface area contributed by atoms with Gasteiger partial charge in [0.15, 0.2) is 5.03 Å². The summed E-state index contributed by atoms with van der Waals surface area (Å²) in [6, 6.07) is 6.40. The summed E-state index contributed by atoms with van der Waals surface area (Å²) >= 11 is 1.45. The van der Waals surface area contributed by atoms with Gasteiger partial charge in [-0.3, -0.25) is 0 Å². The summed E-state index contributed by atoms with van der Waals surface area (Å²) in [4.78, 5) is 3.78. The van der Waals surface area contributed by atoms with Gasteiger partial charge in [-0.05, 0) is 41.4 Å². The van der Waals surface area contributed by atoms with E-state index in [4.69, 9.17) is 0 Å². The van der Waals surface area contributed by atoms with Gasteiger partial charge in [0.25, 0.3) is 10.0 Å². The lowest BCUT2D eigenvalue weighted by Crippen LogP contribution is -2.38. The molecular formula is C12H14N2O3S2. The quantitative estimate of drug-likeness (QED) is 0.873. The van der Waals surface area contributed by atoms with Crippen molar-refractivity contribution >= 4 is 21.4 Å². The highest BCUT2D eigenvalue weighted by atomic mass is 32.2. The van der Waals surface area contributed by atoms with Gasteiger partial charge in [0.1, 0.15) is 5.60 Å². The zero-order valence-electron chi connectivity index (χ0n) is 10.3. The smallest absolute Gasteiger partial charge is 0.258 e. The van der Waals surface area contributed by atoms with Crippen LogP contribution in [0.3, 0.4) is 0 Å². The molecule has 7 heteroatoms. The third-order valence-electron chi connectivity index (χ3n) is 2.66. The number of hydrogen-bond donors (Lipinski definition) is 2. The third kappa shape index (κ3) is 3.38. The first kappa shape index (κ1) is 14.1. The molecule has 0 aliphatic heterocycles. The second-order valence-corrected chi connectivity index (χ2v) is 6.77. The van der Waals surface area contributed by atoms with Crippen molar-refractivity contribution in [2.75, 3.05) is 6.54 Å². The standard InChI is InChI=1S/C12H14N2O3S2/c1-12(15,10-5-7-18-8-10)9-14-19(16,17)11-4-2-3-6-13-11/h2-8,14-15H,9H2,1H3. The summed E-state index contributed by atoms with van der Waals surface area (Å²) in [5.74, 6) is 0. The molecule has 1 unspecified atom stereocenters. The van der Waals surface area contributed by atoms with E-state index in [9.17, 15) is 13.5 Å². The zero-order chi connectivity index (χ0) is 13.9. The Bertz CT molecular complexity index is 622. The van der Waals surface area contributed by atoms with E-state index < -0.39 is 15.6 Å². The summed E-state index contributed by atoms with van der Waals surface area (Å²) in [7, 11) is -3.70. The van der Waals surface area contributed by atoms with E-state index in [1.54, 1.807) is 30.5 Å². The maximum atomic E-state index is 12.0. The largest absolute Gasteiger partial charge is 0.384 e. The molecule has 2 aromatic rings. The van der Waals surface area contributed by atoms with E-state index in [-0.39, 0.29) is 11.6 Å². The third-order valence-corrected chi connectivity index (χ3v) is 4.66. The number of aromatic nitrogens is 1. The van der Waals surface area contributed by atoms with Crippen LogP contribution in [0.4, 0.5) is 0 Å². The summed E-state index contributed by atoms with van der Waals surface area (Å²) in [5, 5.41) is 13.8. The number of hydrogen-bond acceptors (Lipinski definition) is 5. The Kier molecular flexibility index (Phi) is 4.00. The first-order valence-corrected chi connectivity index (χ1v) is 8.00. The topological polar surface area (TPSA) is 79.3 Å². The molecule has 102 valence electrons. The summed E-state index contributed by atoms with van der Waals surface area (Å²) in [5.41, 5.74) is -0.566. The minimum atomic E-state index is -3.70. The van der Waals surface area contributed by atoms with Crippen molar-refractivity contribution in [3.8, 4) is 0 Å². The molecule has 0 aliphatic carbocycles. The van der Waals surface area contributed by atoms with Crippen molar-refractivity contribution in [1.82, 2.24) is 9.71 Å². The Labute approximate surface area is 116 Å². The molecule has 0 aromatic carbocycles. The molecule has 0 saturated heterocycles. The normalized spacial score (nSPS) is 15.1. The van der Waals surface area contributed by atoms with E-state index >= 15 is 0 Å². The number of pyridine rings is 1. The molecule has 0 amide bonds. The minimum Gasteiger partial charge on any atom is -0.384 e. The molecule has 2 aromatic heterocycles. The second kappa shape index (κ2) is 5.38. The van der Waals surface area contributed by atoms with E-state index in [0.29, 0.717) is 5.56 Å². The van der Waals surface area contributed by atoms with Crippen LogP contribution in [-0.4, -0.2) is 25.1 Å². The van der Waals surface area contributed by atoms with Crippen LogP contribution in [0.1, 0.15) is 12.5 Å². The average Bonchev–Trinajstić information content (AvgIpc) is 2.93. The molecule has 0 aliphatic rings. The monoisotopic (exact) mass is 298 g/mol. The van der Waals surface area contributed by atoms with Crippen molar-refractivity contribution in [2.45, 2.75) is 17.6 Å². The van der Waals surface area contributed by atoms with E-state index in [1.807, 2.05) is 5.38 Å². The Morgan fingerprint density at radius 3 is 2.79 bits per heavy atom. The Morgan fingerprint density at radius 1 is 1.42 bits per heavy atom. The summed E-state index contributed by atoms with van der Waals surface area (Å²) < 4.78 is 26.3. The van der Waals surface area contributed by atoms with Crippen LogP contribution < -0.4 is 4.72 Å². The molecule has 2 heterocycles. The maximum Gasteiger partial charge on any atom is 0.258 e. The molecule has 0 radical (unpaired) electrons. The van der Waals surface area contributed by atoms with E-state index in [0.717, 1.165) is 0 Å². The predicted octanol–water partition coefficient (Wildman–Crippen LogP) is 1.33. The van der Waals surface area contributed by atoms with Crippen molar-refractivity contribution in [3.63, 3.8) is 0 Å². The molecule has 0 bridgehead atoms. The van der Waals surface area contributed by atoms with Crippen molar-refractivity contribution in [2.24, 2.45) is 0 Å². The van der Waals surface area contributed by atoms with Gasteiger partial charge < -0.3 is 5.11 Å². The van der Waals surface area contributed by atoms with Crippen LogP contribution in [0.25, 0.3) is 0 Å². The number of thiophene rings is 1. The fourth-order valence-corrected chi connectivity index (χ4v) is 3.35. The zero-order valence-corrected chi connectivity index (χ0v) is 11.9. The summed E-state index contributed by atoms with van der Waals surface area (Å²) in [6.45, 7) is 1.46. The second-order valence-electron chi connectivity index (χ2n) is 4.28. The highest BCUT2D eigenvalue weighted by Crippen LogP contribution is 2.22. The SMILES string of the molecule is CC(O)(CNS(=O)(=O)c1ccccn1)c1ccsc1. The molecular weight excluding hydrogens is 284 g/mol. The number of sulfonamides is 1. The van der Waals surface area contributed by atoms with Gasteiger partial charge in [0, 0.05) is 12.7 Å². The lowest BCUT2D eigenvalue weighted by Gasteiger charge is -2.22. The maximum absolute atomic E-state index is 12.0. The molecule has 2 N–H and O–H groups in total. The Balaban J connectivity index is 2.11. The lowest BCUT2D eigenvalue weighted by atomic mass is 10.0. The van der Waals surface area contributed by atoms with Gasteiger partial charge in [0.2, 0.25) is 0 Å². The highest BCUT2D eigenvalue weighted by molar-refractivity contribution is 7.89. The van der Waals surface area contributed by atoms with Crippen LogP contribution in [0.15, 0.2) is 46.2 Å². The first-order chi connectivity index (χ1) is 8.92. The molecule has 19 heavy (non-hydrogen) atoms. The van der Waals surface area contributed by atoms with Gasteiger partial charge in [-0.2, -0.15) is 11.3 Å². The van der Waals surface area contributed by atoms with Crippen molar-refractivity contribution < 1.29 is 13.5 Å². The average molecular weight is 298 g/mol. The van der Waals surface area contributed by atoms with Crippen molar-refractivity contribution in [1.29, 1.82) is 0 Å². The molecule has 0 fully saturated rings. The Hall–Kier alpha value is -1.28. The molecule has 0 saturated carbocycles. The number of nitrogens with zero attached hydrogens (tertiary/aromatic N) is 1. The summed E-state index contributed by atoms with van der Waals surface area (Å²) in [6.07, 6.45) is 1.41. The Morgan fingerprint density at radius 2 is 2.21 bits per heavy atom. The van der Waals surface area contributed by atoms with E-state index in [2.05, 4.69) is 9.71 Å². The fourth-order valence-electron chi connectivity index (χ4n) is 1.49. The van der Waals surface area contributed by atoms with Gasteiger partial charge >= 0.3 is 0 Å². The highest BCUT2D eigenvalue weighted by Gasteiger charge is 2.26. The van der Waals surface area contributed by atoms with Gasteiger partial charge in [-0.15, -0.1) is 0 Å². The van der Waals surface area contributed by atoms with Crippen LogP contribution in [-0.2, 0) is 15.6 Å². The predicted molar refractivity (Wildman–Crippen MR) is 73.3 cm³/mol. The number of aliphatic hydroxyl groups is 1. The number of nitrogens with one attached hydrogen (secondary N) is 1. The van der Waals surface area contributed by atoms with Crippen LogP contribution in [0.2, 0.25) is 0 Å². The minimum absolute atomic E-state index is 0.0591. The fraction of sp³-hybridized carbons (Fsp3) is 0.250. The van der Waals surface area contributed by atoms with Crippen LogP contribution >= 0.6 is 11.3 Å². The van der Waals surface area contributed by atoms with Crippen LogP contribution in [0.5, 0.6) is 0 Å². The molecule has 0 spiro atoms. The first-order valence-electron chi connectivity index (χ1n) is 5.57. The molecule has 2 rings (SSSR count). The van der Waals surface area contributed by atoms with Gasteiger partial charge in [0.05, 0.1) is 0 Å². The number of rotatable bonds is 5. The lowest BCUT2D eigenvalue weighted by molar-refractivity contribution is 0.0632.